The number of rotatable bonds is 3. The Morgan fingerprint density at radius 2 is 1.91 bits per heavy atom. The van der Waals surface area contributed by atoms with E-state index in [0.717, 1.165) is 13.8 Å². The van der Waals surface area contributed by atoms with Gasteiger partial charge in [0.2, 0.25) is 17.1 Å². The fourth-order valence-corrected chi connectivity index (χ4v) is 2.85. The van der Waals surface area contributed by atoms with Gasteiger partial charge in [-0.25, -0.2) is 4.79 Å². The zero-order valence-electron chi connectivity index (χ0n) is 12.5. The van der Waals surface area contributed by atoms with Gasteiger partial charge >= 0.3 is 5.69 Å². The molecule has 0 unspecified atom stereocenters. The number of hydrogen-bond acceptors (Lipinski definition) is 7. The molecular weight excluding hydrogens is 315 g/mol. The molecule has 2 rings (SSSR count). The van der Waals surface area contributed by atoms with E-state index in [2.05, 4.69) is 0 Å². The van der Waals surface area contributed by atoms with E-state index in [-0.39, 0.29) is 4.57 Å². The number of ether oxygens (including phenoxy) is 1. The first-order valence-electron chi connectivity index (χ1n) is 6.62. The van der Waals surface area contributed by atoms with Crippen LogP contribution in [0.5, 0.6) is 0 Å². The van der Waals surface area contributed by atoms with E-state index in [1.54, 1.807) is 4.98 Å². The summed E-state index contributed by atoms with van der Waals surface area (Å²) >= 11 is 0. The maximum Gasteiger partial charge on any atom is 0.331 e. The van der Waals surface area contributed by atoms with E-state index < -0.39 is 52.2 Å². The van der Waals surface area contributed by atoms with Gasteiger partial charge < -0.3 is 14.9 Å². The van der Waals surface area contributed by atoms with Crippen LogP contribution in [-0.4, -0.2) is 49.1 Å². The van der Waals surface area contributed by atoms with Crippen LogP contribution in [0.2, 0.25) is 0 Å². The summed E-state index contributed by atoms with van der Waals surface area (Å²) < 4.78 is 19.1. The van der Waals surface area contributed by atoms with Crippen LogP contribution in [0.4, 0.5) is 4.39 Å². The van der Waals surface area contributed by atoms with Gasteiger partial charge in [-0.15, -0.1) is 0 Å². The molecule has 1 saturated heterocycles. The van der Waals surface area contributed by atoms with Crippen LogP contribution in [-0.2, 0) is 20.1 Å². The molecule has 1 aromatic rings. The van der Waals surface area contributed by atoms with Crippen LogP contribution in [0.25, 0.3) is 0 Å². The van der Waals surface area contributed by atoms with Gasteiger partial charge in [-0.3, -0.25) is 23.9 Å². The molecule has 0 spiro atoms. The molecule has 0 aromatic carbocycles. The predicted molar refractivity (Wildman–Crippen MR) is 72.1 cm³/mol. The van der Waals surface area contributed by atoms with Crippen LogP contribution >= 0.6 is 0 Å². The second-order valence-corrected chi connectivity index (χ2v) is 5.40. The van der Waals surface area contributed by atoms with E-state index in [4.69, 9.17) is 4.74 Å². The topological polar surface area (TPSA) is 139 Å². The third-order valence-electron chi connectivity index (χ3n) is 4.00. The number of aliphatic hydroxyl groups is 2. The highest BCUT2D eigenvalue weighted by Crippen LogP contribution is 2.44. The number of ketones is 2. The fraction of sp³-hybridized carbons (Fsp3) is 0.538. The van der Waals surface area contributed by atoms with E-state index >= 15 is 0 Å². The highest BCUT2D eigenvalue weighted by atomic mass is 19.1. The Kier molecular flexibility index (Phi) is 3.87. The summed E-state index contributed by atoms with van der Waals surface area (Å²) in [4.78, 5) is 48.9. The van der Waals surface area contributed by atoms with Crippen molar-refractivity contribution in [1.29, 1.82) is 0 Å². The summed E-state index contributed by atoms with van der Waals surface area (Å²) in [6.45, 7) is 3.04. The smallest absolute Gasteiger partial charge is 0.331 e. The summed E-state index contributed by atoms with van der Waals surface area (Å²) in [7, 11) is 0. The zero-order valence-corrected chi connectivity index (χ0v) is 12.5. The molecule has 10 heteroatoms. The first-order chi connectivity index (χ1) is 10.5. The Bertz CT molecular complexity index is 800. The van der Waals surface area contributed by atoms with Crippen molar-refractivity contribution in [3.63, 3.8) is 0 Å². The Morgan fingerprint density at radius 1 is 1.35 bits per heavy atom. The van der Waals surface area contributed by atoms with Gasteiger partial charge in [0.25, 0.3) is 5.56 Å². The SMILES string of the molecule is CC(=O)[C@@]1(O)[C@H](O)[C@@H](C)O[C@@]1(C(C)=O)n1cc(F)c(=O)[nH]c1=O. The molecule has 126 valence electrons. The Balaban J connectivity index is 2.93. The lowest BCUT2D eigenvalue weighted by atomic mass is 9.80. The van der Waals surface area contributed by atoms with Crippen LogP contribution < -0.4 is 11.2 Å². The first kappa shape index (κ1) is 17.2. The summed E-state index contributed by atoms with van der Waals surface area (Å²) in [6.07, 6.45) is -2.73. The molecule has 0 bridgehead atoms. The van der Waals surface area contributed by atoms with Crippen molar-refractivity contribution >= 4 is 11.6 Å². The molecule has 2 heterocycles. The molecule has 23 heavy (non-hydrogen) atoms. The number of Topliss-reactive ketones (excluding diaryl/α,β-unsaturated/α-hetero) is 2. The van der Waals surface area contributed by atoms with Crippen molar-refractivity contribution in [3.8, 4) is 0 Å². The van der Waals surface area contributed by atoms with E-state index in [1.165, 1.54) is 6.92 Å². The Labute approximate surface area is 128 Å². The third-order valence-corrected chi connectivity index (χ3v) is 4.00. The van der Waals surface area contributed by atoms with Crippen molar-refractivity contribution in [2.75, 3.05) is 0 Å². The minimum atomic E-state index is -2.84. The predicted octanol–water partition coefficient (Wildman–Crippen LogP) is -1.98. The molecular formula is C13H15FN2O7. The van der Waals surface area contributed by atoms with Crippen LogP contribution in [0, 0.1) is 5.82 Å². The van der Waals surface area contributed by atoms with Crippen molar-refractivity contribution in [1.82, 2.24) is 9.55 Å². The molecule has 4 atom stereocenters. The molecule has 3 N–H and O–H groups in total. The maximum atomic E-state index is 13.6. The van der Waals surface area contributed by atoms with Crippen molar-refractivity contribution in [3.05, 3.63) is 32.9 Å². The second-order valence-electron chi connectivity index (χ2n) is 5.40. The minimum Gasteiger partial charge on any atom is -0.387 e. The largest absolute Gasteiger partial charge is 0.387 e. The number of aromatic nitrogens is 2. The molecule has 0 saturated carbocycles. The summed E-state index contributed by atoms with van der Waals surface area (Å²) in [5.41, 5.74) is -8.18. The molecule has 0 aliphatic carbocycles. The zero-order chi connectivity index (χ0) is 17.7. The highest BCUT2D eigenvalue weighted by Gasteiger charge is 2.71. The van der Waals surface area contributed by atoms with Gasteiger partial charge in [0.1, 0.15) is 6.10 Å². The van der Waals surface area contributed by atoms with Crippen LogP contribution in [0.3, 0.4) is 0 Å². The maximum absolute atomic E-state index is 13.6. The number of carbonyl (C=O) groups excluding carboxylic acids is 2. The number of aliphatic hydroxyl groups excluding tert-OH is 1. The molecule has 0 amide bonds. The highest BCUT2D eigenvalue weighted by molar-refractivity contribution is 5.97. The van der Waals surface area contributed by atoms with Gasteiger partial charge in [-0.1, -0.05) is 0 Å². The van der Waals surface area contributed by atoms with E-state index in [0.29, 0.717) is 6.20 Å². The lowest BCUT2D eigenvalue weighted by Crippen LogP contribution is -2.67. The minimum absolute atomic E-state index is 0.278. The molecule has 1 aliphatic rings. The molecule has 1 fully saturated rings. The van der Waals surface area contributed by atoms with Gasteiger partial charge in [0.05, 0.1) is 12.3 Å². The monoisotopic (exact) mass is 330 g/mol. The molecule has 9 nitrogen and oxygen atoms in total. The number of H-pyrrole nitrogens is 1. The van der Waals surface area contributed by atoms with Gasteiger partial charge in [-0.05, 0) is 20.8 Å². The average molecular weight is 330 g/mol. The molecule has 0 radical (unpaired) electrons. The number of carbonyl (C=O) groups is 2. The summed E-state index contributed by atoms with van der Waals surface area (Å²) in [6, 6.07) is 0. The van der Waals surface area contributed by atoms with Crippen LogP contribution in [0.1, 0.15) is 20.8 Å². The third kappa shape index (κ3) is 2.02. The Morgan fingerprint density at radius 3 is 2.39 bits per heavy atom. The second kappa shape index (κ2) is 5.18. The van der Waals surface area contributed by atoms with E-state index in [1.807, 2.05) is 0 Å². The van der Waals surface area contributed by atoms with Crippen molar-refractivity contribution in [2.24, 2.45) is 0 Å². The number of nitrogens with one attached hydrogen (secondary N) is 1. The van der Waals surface area contributed by atoms with Gasteiger partial charge in [-0.2, -0.15) is 4.39 Å². The molecule has 1 aromatic heterocycles. The average Bonchev–Trinajstić information content (AvgIpc) is 2.66. The van der Waals surface area contributed by atoms with Gasteiger partial charge in [0.15, 0.2) is 11.6 Å². The summed E-state index contributed by atoms with van der Waals surface area (Å²) in [5.74, 6) is -3.54. The number of aromatic amines is 1. The van der Waals surface area contributed by atoms with Crippen molar-refractivity contribution < 1.29 is 28.9 Å². The standard InChI is InChI=1S/C13H15FN2O7/c1-5-9(19)12(22,6(2)17)13(23-5,7(3)18)16-4-8(14)10(20)15-11(16)21/h4-5,9,19,22H,1-3H3,(H,15,20,21)/t5-,9-,12-,13-/m1/s1. The fourth-order valence-electron chi connectivity index (χ4n) is 2.85. The molecule has 1 aliphatic heterocycles. The lowest BCUT2D eigenvalue weighted by molar-refractivity contribution is -0.199. The Hall–Kier alpha value is -2.17. The first-order valence-corrected chi connectivity index (χ1v) is 6.62. The van der Waals surface area contributed by atoms with E-state index in [9.17, 15) is 33.8 Å². The summed E-state index contributed by atoms with van der Waals surface area (Å²) in [5, 5.41) is 20.8. The van der Waals surface area contributed by atoms with Gasteiger partial charge in [0, 0.05) is 0 Å². The number of hydrogen-bond donors (Lipinski definition) is 3. The number of halogens is 1. The lowest BCUT2D eigenvalue weighted by Gasteiger charge is -2.38. The quantitative estimate of drug-likeness (QED) is 0.583. The normalized spacial score (nSPS) is 33.7. The van der Waals surface area contributed by atoms with Crippen molar-refractivity contribution in [2.45, 2.75) is 44.3 Å². The number of nitrogens with zero attached hydrogens (tertiary/aromatic N) is 1. The van der Waals surface area contributed by atoms with Crippen LogP contribution in [0.15, 0.2) is 15.8 Å².